The van der Waals surface area contributed by atoms with Gasteiger partial charge in [-0.2, -0.15) is 0 Å². The van der Waals surface area contributed by atoms with Gasteiger partial charge in [-0.25, -0.2) is 0 Å². The molecule has 0 aromatic carbocycles. The number of oxime groups is 1. The Morgan fingerprint density at radius 2 is 1.39 bits per heavy atom. The SMILES string of the molecule is C=C/C=N/[O][Sn]([CH2]CCC)([CH2]CCC)[CH2]CCC. The molecule has 0 spiro atoms. The van der Waals surface area contributed by atoms with Crippen molar-refractivity contribution in [2.24, 2.45) is 5.16 Å². The van der Waals surface area contributed by atoms with Gasteiger partial charge in [-0.15, -0.1) is 0 Å². The summed E-state index contributed by atoms with van der Waals surface area (Å²) in [6, 6.07) is 0. The van der Waals surface area contributed by atoms with Crippen LogP contribution < -0.4 is 0 Å². The summed E-state index contributed by atoms with van der Waals surface area (Å²) >= 11 is -2.46. The van der Waals surface area contributed by atoms with Gasteiger partial charge in [-0.3, -0.25) is 0 Å². The average Bonchev–Trinajstić information content (AvgIpc) is 2.40. The molecule has 0 saturated heterocycles. The van der Waals surface area contributed by atoms with Gasteiger partial charge in [-0.05, 0) is 0 Å². The van der Waals surface area contributed by atoms with Gasteiger partial charge in [0.15, 0.2) is 0 Å². The van der Waals surface area contributed by atoms with Gasteiger partial charge in [0, 0.05) is 0 Å². The van der Waals surface area contributed by atoms with Crippen molar-refractivity contribution in [2.75, 3.05) is 0 Å². The van der Waals surface area contributed by atoms with Crippen LogP contribution in [0.25, 0.3) is 0 Å². The zero-order chi connectivity index (χ0) is 13.7. The number of nitrogens with zero attached hydrogens (tertiary/aromatic N) is 1. The predicted molar refractivity (Wildman–Crippen MR) is 84.7 cm³/mol. The fourth-order valence-corrected chi connectivity index (χ4v) is 14.5. The summed E-state index contributed by atoms with van der Waals surface area (Å²) in [5.74, 6) is 0. The van der Waals surface area contributed by atoms with E-state index in [2.05, 4.69) is 32.5 Å². The molecule has 0 aromatic rings. The Morgan fingerprint density at radius 3 is 1.72 bits per heavy atom. The Kier molecular flexibility index (Phi) is 12.1. The van der Waals surface area contributed by atoms with Gasteiger partial charge >= 0.3 is 119 Å². The number of allylic oxidation sites excluding steroid dienone is 1. The molecular weight excluding hydrogens is 329 g/mol. The van der Waals surface area contributed by atoms with Crippen LogP contribution in [0.5, 0.6) is 0 Å². The fraction of sp³-hybridized carbons (Fsp3) is 0.800. The van der Waals surface area contributed by atoms with Crippen molar-refractivity contribution in [3.8, 4) is 0 Å². The van der Waals surface area contributed by atoms with Crippen LogP contribution in [0.1, 0.15) is 59.3 Å². The molecule has 0 amide bonds. The summed E-state index contributed by atoms with van der Waals surface area (Å²) in [6.45, 7) is 10.5. The minimum absolute atomic E-state index is 1.27. The molecule has 0 radical (unpaired) electrons. The van der Waals surface area contributed by atoms with Crippen LogP contribution >= 0.6 is 0 Å². The Labute approximate surface area is 118 Å². The predicted octanol–water partition coefficient (Wildman–Crippen LogP) is 5.52. The van der Waals surface area contributed by atoms with Gasteiger partial charge in [0.1, 0.15) is 0 Å². The quantitative estimate of drug-likeness (QED) is 0.255. The van der Waals surface area contributed by atoms with E-state index in [9.17, 15) is 0 Å². The van der Waals surface area contributed by atoms with Gasteiger partial charge < -0.3 is 0 Å². The first kappa shape index (κ1) is 18.0. The van der Waals surface area contributed by atoms with Crippen molar-refractivity contribution in [1.82, 2.24) is 0 Å². The second-order valence-corrected chi connectivity index (χ2v) is 16.6. The Hall–Kier alpha value is 0.00870. The maximum absolute atomic E-state index is 6.08. The fourth-order valence-electron chi connectivity index (χ4n) is 2.19. The number of unbranched alkanes of at least 4 members (excludes halogenated alkanes) is 3. The molecule has 0 aliphatic carbocycles. The van der Waals surface area contributed by atoms with Crippen molar-refractivity contribution >= 4 is 25.0 Å². The molecule has 0 saturated carbocycles. The van der Waals surface area contributed by atoms with Crippen molar-refractivity contribution in [2.45, 2.75) is 72.6 Å². The van der Waals surface area contributed by atoms with Gasteiger partial charge in [0.25, 0.3) is 0 Å². The Bertz CT molecular complexity index is 207. The summed E-state index contributed by atoms with van der Waals surface area (Å²) in [5, 5.41) is 4.17. The maximum atomic E-state index is 6.08. The minimum atomic E-state index is -2.46. The van der Waals surface area contributed by atoms with Crippen molar-refractivity contribution in [1.29, 1.82) is 0 Å². The molecular formula is C15H31NOSn. The molecule has 0 heterocycles. The van der Waals surface area contributed by atoms with Gasteiger partial charge in [0.2, 0.25) is 0 Å². The molecule has 0 rings (SSSR count). The zero-order valence-electron chi connectivity index (χ0n) is 12.6. The van der Waals surface area contributed by atoms with Crippen LogP contribution in [0.4, 0.5) is 0 Å². The van der Waals surface area contributed by atoms with E-state index in [1.807, 2.05) is 0 Å². The second kappa shape index (κ2) is 12.1. The summed E-state index contributed by atoms with van der Waals surface area (Å²) in [5.41, 5.74) is 0. The molecule has 0 aliphatic heterocycles. The van der Waals surface area contributed by atoms with E-state index in [1.165, 1.54) is 51.8 Å². The van der Waals surface area contributed by atoms with Crippen molar-refractivity contribution < 1.29 is 3.17 Å². The number of rotatable bonds is 12. The zero-order valence-corrected chi connectivity index (χ0v) is 15.4. The van der Waals surface area contributed by atoms with Crippen molar-refractivity contribution in [3.05, 3.63) is 12.7 Å². The number of hydrogen-bond donors (Lipinski definition) is 0. The van der Waals surface area contributed by atoms with Crippen LogP contribution in [-0.2, 0) is 3.17 Å². The summed E-state index contributed by atoms with van der Waals surface area (Å²) < 4.78 is 10.1. The van der Waals surface area contributed by atoms with Crippen LogP contribution in [0.15, 0.2) is 17.8 Å². The van der Waals surface area contributed by atoms with E-state index in [4.69, 9.17) is 3.17 Å². The summed E-state index contributed by atoms with van der Waals surface area (Å²) in [6.07, 6.45) is 11.2. The van der Waals surface area contributed by atoms with E-state index in [1.54, 1.807) is 12.3 Å². The topological polar surface area (TPSA) is 21.6 Å². The van der Waals surface area contributed by atoms with Crippen LogP contribution in [-0.4, -0.2) is 25.0 Å². The monoisotopic (exact) mass is 361 g/mol. The van der Waals surface area contributed by atoms with Gasteiger partial charge in [-0.1, -0.05) is 0 Å². The molecule has 3 heteroatoms. The first-order valence-corrected chi connectivity index (χ1v) is 14.8. The Morgan fingerprint density at radius 1 is 0.944 bits per heavy atom. The third-order valence-corrected chi connectivity index (χ3v) is 15.6. The first-order chi connectivity index (χ1) is 8.74. The summed E-state index contributed by atoms with van der Waals surface area (Å²) in [4.78, 5) is 0. The molecule has 2 nitrogen and oxygen atoms in total. The third-order valence-electron chi connectivity index (χ3n) is 3.37. The van der Waals surface area contributed by atoms with E-state index < -0.39 is 18.8 Å². The standard InChI is InChI=1S/3C4H9.C3H5NO.Sn/c3*1-3-4-2;1-2-3-4-5;/h3*1,3-4H2,2H3;2-3,5H,1H2;/q;;;;+1/p-1/b;;;4-3+;. The third kappa shape index (κ3) is 8.17. The molecule has 0 fully saturated rings. The van der Waals surface area contributed by atoms with Crippen LogP contribution in [0.3, 0.4) is 0 Å². The molecule has 106 valence electrons. The second-order valence-electron chi connectivity index (χ2n) is 5.08. The molecule has 18 heavy (non-hydrogen) atoms. The molecule has 0 unspecified atom stereocenters. The molecule has 0 aliphatic rings. The molecule has 0 atom stereocenters. The molecule has 0 aromatic heterocycles. The first-order valence-electron chi connectivity index (χ1n) is 7.57. The molecule has 0 bridgehead atoms. The Balaban J connectivity index is 4.60. The summed E-state index contributed by atoms with van der Waals surface area (Å²) in [7, 11) is 0. The van der Waals surface area contributed by atoms with E-state index in [0.29, 0.717) is 0 Å². The van der Waals surface area contributed by atoms with Crippen LogP contribution in [0.2, 0.25) is 13.3 Å². The number of hydrogen-bond acceptors (Lipinski definition) is 2. The van der Waals surface area contributed by atoms with E-state index >= 15 is 0 Å². The molecule has 0 N–H and O–H groups in total. The van der Waals surface area contributed by atoms with Crippen molar-refractivity contribution in [3.63, 3.8) is 0 Å². The average molecular weight is 360 g/mol. The van der Waals surface area contributed by atoms with Crippen LogP contribution in [0, 0.1) is 0 Å². The normalized spacial score (nSPS) is 11.9. The van der Waals surface area contributed by atoms with Gasteiger partial charge in [0.05, 0.1) is 0 Å². The van der Waals surface area contributed by atoms with E-state index in [-0.39, 0.29) is 0 Å². The van der Waals surface area contributed by atoms with E-state index in [0.717, 1.165) is 0 Å².